The fraction of sp³-hybridized carbons (Fsp3) is 0.346. The molecule has 2 aromatic carbocycles. The Labute approximate surface area is 191 Å². The molecule has 7 nitrogen and oxygen atoms in total. The first-order valence-electron chi connectivity index (χ1n) is 11.6. The second-order valence-corrected chi connectivity index (χ2v) is 8.87. The molecule has 0 saturated heterocycles. The third-order valence-corrected chi connectivity index (χ3v) is 6.83. The van der Waals surface area contributed by atoms with Crippen LogP contribution in [0.25, 0.3) is 10.9 Å². The summed E-state index contributed by atoms with van der Waals surface area (Å²) in [6.07, 6.45) is 5.52. The molecule has 0 atom stereocenters. The van der Waals surface area contributed by atoms with Gasteiger partial charge in [-0.1, -0.05) is 37.5 Å². The van der Waals surface area contributed by atoms with Crippen molar-refractivity contribution >= 4 is 28.4 Å². The molecule has 33 heavy (non-hydrogen) atoms. The molecule has 2 amide bonds. The van der Waals surface area contributed by atoms with Crippen LogP contribution in [0.5, 0.6) is 11.5 Å². The average Bonchev–Trinajstić information content (AvgIpc) is 3.18. The molecule has 1 aromatic heterocycles. The third-order valence-electron chi connectivity index (χ3n) is 6.83. The second kappa shape index (κ2) is 8.06. The molecule has 2 aliphatic heterocycles. The van der Waals surface area contributed by atoms with Gasteiger partial charge in [-0.2, -0.15) is 0 Å². The summed E-state index contributed by atoms with van der Waals surface area (Å²) in [4.78, 5) is 33.5. The van der Waals surface area contributed by atoms with E-state index in [-0.39, 0.29) is 17.9 Å². The van der Waals surface area contributed by atoms with Crippen molar-refractivity contribution in [3.63, 3.8) is 0 Å². The molecule has 3 heterocycles. The van der Waals surface area contributed by atoms with E-state index in [1.807, 2.05) is 29.2 Å². The Balaban J connectivity index is 1.39. The number of rotatable bonds is 3. The lowest BCUT2D eigenvalue weighted by atomic mass is 9.94. The lowest BCUT2D eigenvalue weighted by Gasteiger charge is -2.30. The first-order chi connectivity index (χ1) is 16.2. The number of amides is 2. The standard InChI is InChI=1S/C26H25N3O4/c30-25(27-16-10-11-21-22(14-16)33-13-12-32-21)23-18-8-4-5-9-20(18)28-24-19(23)15-29(26(24)31)17-6-2-1-3-7-17/h4-5,8-11,14,17H,1-3,6-7,12-13,15H2,(H,27,30). The summed E-state index contributed by atoms with van der Waals surface area (Å²) in [7, 11) is 0. The molecule has 6 rings (SSSR count). The van der Waals surface area contributed by atoms with Gasteiger partial charge in [0.25, 0.3) is 11.8 Å². The van der Waals surface area contributed by atoms with Crippen molar-refractivity contribution in [2.75, 3.05) is 18.5 Å². The van der Waals surface area contributed by atoms with Crippen molar-refractivity contribution < 1.29 is 19.1 Å². The molecule has 1 saturated carbocycles. The maximum Gasteiger partial charge on any atom is 0.273 e. The number of hydrogen-bond donors (Lipinski definition) is 1. The highest BCUT2D eigenvalue weighted by molar-refractivity contribution is 6.16. The number of carbonyl (C=O) groups excluding carboxylic acids is 2. The van der Waals surface area contributed by atoms with Crippen LogP contribution in [0.3, 0.4) is 0 Å². The van der Waals surface area contributed by atoms with E-state index in [4.69, 9.17) is 9.47 Å². The minimum absolute atomic E-state index is 0.0592. The van der Waals surface area contributed by atoms with Gasteiger partial charge in [0.2, 0.25) is 0 Å². The molecule has 7 heteroatoms. The Kier molecular flexibility index (Phi) is 4.89. The topological polar surface area (TPSA) is 80.8 Å². The number of fused-ring (bicyclic) bond motifs is 3. The van der Waals surface area contributed by atoms with Crippen molar-refractivity contribution in [2.45, 2.75) is 44.7 Å². The predicted molar refractivity (Wildman–Crippen MR) is 124 cm³/mol. The number of pyridine rings is 1. The van der Waals surface area contributed by atoms with Crippen LogP contribution >= 0.6 is 0 Å². The highest BCUT2D eigenvalue weighted by Gasteiger charge is 2.38. The molecule has 3 aliphatic rings. The Morgan fingerprint density at radius 1 is 1.00 bits per heavy atom. The largest absolute Gasteiger partial charge is 0.486 e. The highest BCUT2D eigenvalue weighted by Crippen LogP contribution is 2.36. The van der Waals surface area contributed by atoms with Crippen molar-refractivity contribution in [3.05, 3.63) is 59.3 Å². The van der Waals surface area contributed by atoms with Crippen molar-refractivity contribution in [2.24, 2.45) is 0 Å². The summed E-state index contributed by atoms with van der Waals surface area (Å²) in [6.45, 7) is 1.42. The molecule has 1 fully saturated rings. The monoisotopic (exact) mass is 443 g/mol. The van der Waals surface area contributed by atoms with E-state index in [1.54, 1.807) is 18.2 Å². The van der Waals surface area contributed by atoms with Crippen LogP contribution in [0.1, 0.15) is 58.5 Å². The van der Waals surface area contributed by atoms with Gasteiger partial charge < -0.3 is 19.7 Å². The first kappa shape index (κ1) is 20.0. The quantitative estimate of drug-likeness (QED) is 0.643. The number of hydrogen-bond acceptors (Lipinski definition) is 5. The molecule has 168 valence electrons. The highest BCUT2D eigenvalue weighted by atomic mass is 16.6. The zero-order valence-electron chi connectivity index (χ0n) is 18.3. The molecular formula is C26H25N3O4. The number of aromatic nitrogens is 1. The lowest BCUT2D eigenvalue weighted by Crippen LogP contribution is -2.37. The minimum atomic E-state index is -0.250. The van der Waals surface area contributed by atoms with E-state index in [0.717, 1.165) is 36.6 Å². The van der Waals surface area contributed by atoms with Crippen LogP contribution in [0.4, 0.5) is 5.69 Å². The van der Waals surface area contributed by atoms with Gasteiger partial charge >= 0.3 is 0 Å². The number of para-hydroxylation sites is 1. The van der Waals surface area contributed by atoms with Crippen molar-refractivity contribution in [1.29, 1.82) is 0 Å². The van der Waals surface area contributed by atoms with Gasteiger partial charge in [-0.3, -0.25) is 9.59 Å². The summed E-state index contributed by atoms with van der Waals surface area (Å²) in [5.74, 6) is 0.974. The van der Waals surface area contributed by atoms with Crippen molar-refractivity contribution in [3.8, 4) is 11.5 Å². The lowest BCUT2D eigenvalue weighted by molar-refractivity contribution is 0.0655. The fourth-order valence-electron chi connectivity index (χ4n) is 5.22. The van der Waals surface area contributed by atoms with Gasteiger partial charge in [-0.25, -0.2) is 4.98 Å². The zero-order chi connectivity index (χ0) is 22.4. The number of benzene rings is 2. The van der Waals surface area contributed by atoms with Crippen LogP contribution in [0.2, 0.25) is 0 Å². The molecule has 0 radical (unpaired) electrons. The van der Waals surface area contributed by atoms with Gasteiger partial charge in [0.15, 0.2) is 11.5 Å². The molecular weight excluding hydrogens is 418 g/mol. The summed E-state index contributed by atoms with van der Waals surface area (Å²) >= 11 is 0. The summed E-state index contributed by atoms with van der Waals surface area (Å²) in [5, 5.41) is 3.76. The van der Waals surface area contributed by atoms with E-state index in [2.05, 4.69) is 10.3 Å². The van der Waals surface area contributed by atoms with Gasteiger partial charge in [0, 0.05) is 35.3 Å². The van der Waals surface area contributed by atoms with E-state index in [9.17, 15) is 9.59 Å². The fourth-order valence-corrected chi connectivity index (χ4v) is 5.22. The van der Waals surface area contributed by atoms with Crippen LogP contribution in [-0.4, -0.2) is 41.0 Å². The van der Waals surface area contributed by atoms with Gasteiger partial charge in [0.05, 0.1) is 11.1 Å². The first-order valence-corrected chi connectivity index (χ1v) is 11.6. The Morgan fingerprint density at radius 2 is 1.79 bits per heavy atom. The van der Waals surface area contributed by atoms with E-state index in [0.29, 0.717) is 53.7 Å². The number of nitrogens with zero attached hydrogens (tertiary/aromatic N) is 2. The van der Waals surface area contributed by atoms with Crippen LogP contribution in [-0.2, 0) is 6.54 Å². The van der Waals surface area contributed by atoms with Gasteiger partial charge in [-0.05, 0) is 31.0 Å². The Morgan fingerprint density at radius 3 is 2.64 bits per heavy atom. The number of ether oxygens (including phenoxy) is 2. The molecule has 0 spiro atoms. The van der Waals surface area contributed by atoms with Crippen molar-refractivity contribution in [1.82, 2.24) is 9.88 Å². The normalized spacial score (nSPS) is 17.8. The average molecular weight is 444 g/mol. The maximum atomic E-state index is 13.6. The third kappa shape index (κ3) is 3.48. The minimum Gasteiger partial charge on any atom is -0.486 e. The summed E-state index contributed by atoms with van der Waals surface area (Å²) < 4.78 is 11.2. The van der Waals surface area contributed by atoms with Gasteiger partial charge in [0.1, 0.15) is 18.9 Å². The van der Waals surface area contributed by atoms with E-state index >= 15 is 0 Å². The second-order valence-electron chi connectivity index (χ2n) is 8.87. The number of anilines is 1. The molecule has 1 aliphatic carbocycles. The van der Waals surface area contributed by atoms with E-state index < -0.39 is 0 Å². The zero-order valence-corrected chi connectivity index (χ0v) is 18.3. The van der Waals surface area contributed by atoms with Crippen LogP contribution in [0.15, 0.2) is 42.5 Å². The Hall–Kier alpha value is -3.61. The predicted octanol–water partition coefficient (Wildman–Crippen LogP) is 4.55. The molecule has 0 unspecified atom stereocenters. The number of nitrogens with one attached hydrogen (secondary N) is 1. The summed E-state index contributed by atoms with van der Waals surface area (Å²) in [5.41, 5.74) is 2.93. The SMILES string of the molecule is O=C(Nc1ccc2c(c1)OCCO2)c1c2c(nc3ccccc13)C(=O)N(C1CCCCC1)C2. The van der Waals surface area contributed by atoms with E-state index in [1.165, 1.54) is 6.42 Å². The molecule has 3 aromatic rings. The van der Waals surface area contributed by atoms with Gasteiger partial charge in [-0.15, -0.1) is 0 Å². The molecule has 0 bridgehead atoms. The van der Waals surface area contributed by atoms with Crippen LogP contribution in [0, 0.1) is 0 Å². The smallest absolute Gasteiger partial charge is 0.273 e. The number of carbonyl (C=O) groups is 2. The summed E-state index contributed by atoms with van der Waals surface area (Å²) in [6, 6.07) is 13.1. The Bertz CT molecular complexity index is 1270. The maximum absolute atomic E-state index is 13.6. The van der Waals surface area contributed by atoms with Crippen LogP contribution < -0.4 is 14.8 Å². The molecule has 1 N–H and O–H groups in total.